The molecule has 0 bridgehead atoms. The summed E-state index contributed by atoms with van der Waals surface area (Å²) in [4.78, 5) is 10.7. The lowest BCUT2D eigenvalue weighted by Crippen LogP contribution is -2.14. The van der Waals surface area contributed by atoms with Crippen LogP contribution in [0.3, 0.4) is 0 Å². The summed E-state index contributed by atoms with van der Waals surface area (Å²) in [5.41, 5.74) is 0.446. The average Bonchev–Trinajstić information content (AvgIpc) is 2.66. The van der Waals surface area contributed by atoms with E-state index in [2.05, 4.69) is 6.92 Å². The molecule has 0 aliphatic rings. The van der Waals surface area contributed by atoms with Crippen LogP contribution in [0.1, 0.15) is 30.1 Å². The molecule has 0 saturated carbocycles. The number of phenols is 1. The minimum atomic E-state index is -0.00491. The first kappa shape index (κ1) is 22.4. The number of carbonyl (C=O) groups is 1. The van der Waals surface area contributed by atoms with Gasteiger partial charge in [0.05, 0.1) is 46.2 Å². The maximum atomic E-state index is 10.7. The van der Waals surface area contributed by atoms with E-state index in [1.165, 1.54) is 18.2 Å². The molecular formula is C19H30O7. The van der Waals surface area contributed by atoms with Gasteiger partial charge in [-0.3, -0.25) is 4.79 Å². The molecule has 0 unspecified atom stereocenters. The third kappa shape index (κ3) is 11.0. The molecule has 0 heterocycles. The smallest absolute Gasteiger partial charge is 0.161 e. The number of rotatable bonds is 17. The van der Waals surface area contributed by atoms with Gasteiger partial charge in [0.1, 0.15) is 12.9 Å². The molecule has 0 spiro atoms. The molecule has 0 radical (unpaired) electrons. The molecule has 1 rings (SSSR count). The first-order valence-corrected chi connectivity index (χ1v) is 9.00. The normalized spacial score (nSPS) is 10.8. The van der Waals surface area contributed by atoms with Crippen molar-refractivity contribution in [2.75, 3.05) is 59.5 Å². The topological polar surface area (TPSA) is 83.5 Å². The van der Waals surface area contributed by atoms with Gasteiger partial charge in [-0.15, -0.1) is 0 Å². The first-order valence-electron chi connectivity index (χ1n) is 9.00. The minimum absolute atomic E-state index is 0.00491. The van der Waals surface area contributed by atoms with E-state index in [4.69, 9.17) is 23.7 Å². The summed E-state index contributed by atoms with van der Waals surface area (Å²) in [6.45, 7) is 6.73. The van der Waals surface area contributed by atoms with Crippen LogP contribution in [0.2, 0.25) is 0 Å². The fourth-order valence-electron chi connectivity index (χ4n) is 1.94. The fraction of sp³-hybridized carbons (Fsp3) is 0.632. The second kappa shape index (κ2) is 15.6. The van der Waals surface area contributed by atoms with Crippen LogP contribution < -0.4 is 4.74 Å². The Labute approximate surface area is 155 Å². The van der Waals surface area contributed by atoms with E-state index in [0.29, 0.717) is 58.1 Å². The van der Waals surface area contributed by atoms with Gasteiger partial charge in [-0.05, 0) is 24.6 Å². The lowest BCUT2D eigenvalue weighted by Gasteiger charge is -2.09. The molecule has 0 amide bonds. The molecule has 1 aromatic rings. The van der Waals surface area contributed by atoms with Crippen molar-refractivity contribution in [3.05, 3.63) is 23.8 Å². The molecule has 1 aromatic carbocycles. The second-order valence-corrected chi connectivity index (χ2v) is 5.50. The first-order chi connectivity index (χ1) is 12.8. The second-order valence-electron chi connectivity index (χ2n) is 5.50. The van der Waals surface area contributed by atoms with Crippen LogP contribution in [0.4, 0.5) is 0 Å². The fourth-order valence-corrected chi connectivity index (χ4v) is 1.94. The van der Waals surface area contributed by atoms with Gasteiger partial charge in [-0.1, -0.05) is 13.3 Å². The number of aldehydes is 1. The Morgan fingerprint density at radius 3 is 1.92 bits per heavy atom. The van der Waals surface area contributed by atoms with Crippen molar-refractivity contribution in [2.45, 2.75) is 19.8 Å². The van der Waals surface area contributed by atoms with E-state index in [0.717, 1.165) is 19.4 Å². The van der Waals surface area contributed by atoms with Crippen molar-refractivity contribution in [1.82, 2.24) is 0 Å². The molecule has 0 saturated heterocycles. The van der Waals surface area contributed by atoms with Gasteiger partial charge in [0, 0.05) is 12.2 Å². The molecule has 0 aromatic heterocycles. The van der Waals surface area contributed by atoms with Crippen LogP contribution in [0.15, 0.2) is 18.2 Å². The Balaban J connectivity index is 1.87. The van der Waals surface area contributed by atoms with Crippen molar-refractivity contribution in [3.8, 4) is 11.5 Å². The predicted molar refractivity (Wildman–Crippen MR) is 97.2 cm³/mol. The number of hydrogen-bond acceptors (Lipinski definition) is 7. The van der Waals surface area contributed by atoms with Crippen LogP contribution >= 0.6 is 0 Å². The van der Waals surface area contributed by atoms with Crippen molar-refractivity contribution in [2.24, 2.45) is 0 Å². The SMILES string of the molecule is CCCCOCCOCCOCCOCCOc1cc(C=O)ccc1O. The van der Waals surface area contributed by atoms with Crippen LogP contribution in [-0.4, -0.2) is 70.9 Å². The molecule has 148 valence electrons. The Hall–Kier alpha value is -1.67. The van der Waals surface area contributed by atoms with Crippen LogP contribution in [0.5, 0.6) is 11.5 Å². The summed E-state index contributed by atoms with van der Waals surface area (Å²) in [6.07, 6.45) is 2.92. The third-order valence-electron chi connectivity index (χ3n) is 3.36. The van der Waals surface area contributed by atoms with Crippen molar-refractivity contribution < 1.29 is 33.6 Å². The highest BCUT2D eigenvalue weighted by atomic mass is 16.6. The highest BCUT2D eigenvalue weighted by Crippen LogP contribution is 2.26. The van der Waals surface area contributed by atoms with E-state index in [1.54, 1.807) is 0 Å². The van der Waals surface area contributed by atoms with E-state index in [9.17, 15) is 9.90 Å². The standard InChI is InChI=1S/C19H30O7/c1-2-3-6-22-7-8-23-9-10-24-11-12-25-13-14-26-19-15-17(16-20)4-5-18(19)21/h4-5,15-16,21H,2-3,6-14H2,1H3. The van der Waals surface area contributed by atoms with Gasteiger partial charge in [-0.25, -0.2) is 0 Å². The molecular weight excluding hydrogens is 340 g/mol. The zero-order valence-electron chi connectivity index (χ0n) is 15.5. The maximum absolute atomic E-state index is 10.7. The largest absolute Gasteiger partial charge is 0.504 e. The number of benzene rings is 1. The summed E-state index contributed by atoms with van der Waals surface area (Å²) < 4.78 is 26.9. The maximum Gasteiger partial charge on any atom is 0.161 e. The van der Waals surface area contributed by atoms with Gasteiger partial charge < -0.3 is 28.8 Å². The van der Waals surface area contributed by atoms with Gasteiger partial charge in [-0.2, -0.15) is 0 Å². The van der Waals surface area contributed by atoms with Gasteiger partial charge >= 0.3 is 0 Å². The Morgan fingerprint density at radius 1 is 0.846 bits per heavy atom. The van der Waals surface area contributed by atoms with Crippen LogP contribution in [0, 0.1) is 0 Å². The molecule has 26 heavy (non-hydrogen) atoms. The van der Waals surface area contributed by atoms with Crippen LogP contribution in [-0.2, 0) is 18.9 Å². The monoisotopic (exact) mass is 370 g/mol. The number of unbranched alkanes of at least 4 members (excludes halogenated alkanes) is 1. The highest BCUT2D eigenvalue weighted by Gasteiger charge is 2.03. The Kier molecular flexibility index (Phi) is 13.4. The molecule has 1 N–H and O–H groups in total. The van der Waals surface area contributed by atoms with E-state index < -0.39 is 0 Å². The number of hydrogen-bond donors (Lipinski definition) is 1. The molecule has 7 heteroatoms. The summed E-state index contributed by atoms with van der Waals surface area (Å²) in [5.74, 6) is 0.264. The molecule has 0 fully saturated rings. The summed E-state index contributed by atoms with van der Waals surface area (Å²) in [5, 5.41) is 9.62. The predicted octanol–water partition coefficient (Wildman–Crippen LogP) is 2.45. The lowest BCUT2D eigenvalue weighted by molar-refractivity contribution is -0.00484. The van der Waals surface area contributed by atoms with E-state index >= 15 is 0 Å². The van der Waals surface area contributed by atoms with Crippen molar-refractivity contribution in [3.63, 3.8) is 0 Å². The lowest BCUT2D eigenvalue weighted by atomic mass is 10.2. The zero-order valence-corrected chi connectivity index (χ0v) is 15.5. The quantitative estimate of drug-likeness (QED) is 0.333. The summed E-state index contributed by atoms with van der Waals surface area (Å²) >= 11 is 0. The number of phenolic OH excluding ortho intramolecular Hbond substituents is 1. The Morgan fingerprint density at radius 2 is 1.38 bits per heavy atom. The molecule has 0 aliphatic heterocycles. The average molecular weight is 370 g/mol. The zero-order chi connectivity index (χ0) is 18.9. The van der Waals surface area contributed by atoms with Gasteiger partial charge in [0.2, 0.25) is 0 Å². The summed E-state index contributed by atoms with van der Waals surface area (Å²) in [6, 6.07) is 4.43. The Bertz CT molecular complexity index is 479. The molecule has 7 nitrogen and oxygen atoms in total. The minimum Gasteiger partial charge on any atom is -0.504 e. The highest BCUT2D eigenvalue weighted by molar-refractivity contribution is 5.76. The molecule has 0 aliphatic carbocycles. The van der Waals surface area contributed by atoms with Crippen LogP contribution in [0.25, 0.3) is 0 Å². The van der Waals surface area contributed by atoms with Crippen molar-refractivity contribution >= 4 is 6.29 Å². The van der Waals surface area contributed by atoms with Crippen molar-refractivity contribution in [1.29, 1.82) is 0 Å². The molecule has 0 atom stereocenters. The number of carbonyl (C=O) groups excluding carboxylic acids is 1. The van der Waals surface area contributed by atoms with Gasteiger partial charge in [0.25, 0.3) is 0 Å². The number of ether oxygens (including phenoxy) is 5. The van der Waals surface area contributed by atoms with Gasteiger partial charge in [0.15, 0.2) is 11.5 Å². The van der Waals surface area contributed by atoms with E-state index in [1.807, 2.05) is 0 Å². The summed E-state index contributed by atoms with van der Waals surface area (Å²) in [7, 11) is 0. The van der Waals surface area contributed by atoms with E-state index in [-0.39, 0.29) is 18.1 Å². The third-order valence-corrected chi connectivity index (χ3v) is 3.36. The number of aromatic hydroxyl groups is 1.